The Morgan fingerprint density at radius 1 is 1.26 bits per heavy atom. The lowest BCUT2D eigenvalue weighted by Gasteiger charge is -2.18. The van der Waals surface area contributed by atoms with E-state index in [4.69, 9.17) is 0 Å². The standard InChI is InChI=1S/C15H14BrFIN/c1-19-15(8-10-3-2-4-11(16)7-10)13-6-5-12(17)9-14(13)18/h2-7,9,15,19H,8H2,1H3. The highest BCUT2D eigenvalue weighted by Crippen LogP contribution is 2.25. The molecule has 2 aromatic carbocycles. The van der Waals surface area contributed by atoms with E-state index < -0.39 is 0 Å². The summed E-state index contributed by atoms with van der Waals surface area (Å²) in [7, 11) is 1.93. The molecule has 0 heterocycles. The molecule has 0 amide bonds. The monoisotopic (exact) mass is 433 g/mol. The van der Waals surface area contributed by atoms with Crippen molar-refractivity contribution in [2.24, 2.45) is 0 Å². The number of hydrogen-bond acceptors (Lipinski definition) is 1. The smallest absolute Gasteiger partial charge is 0.124 e. The first-order valence-corrected chi connectivity index (χ1v) is 7.84. The van der Waals surface area contributed by atoms with E-state index >= 15 is 0 Å². The van der Waals surface area contributed by atoms with Crippen LogP contribution >= 0.6 is 38.5 Å². The highest BCUT2D eigenvalue weighted by Gasteiger charge is 2.14. The predicted molar refractivity (Wildman–Crippen MR) is 88.8 cm³/mol. The van der Waals surface area contributed by atoms with Crippen LogP contribution in [0.4, 0.5) is 4.39 Å². The Bertz CT molecular complexity index is 574. The van der Waals surface area contributed by atoms with E-state index in [0.29, 0.717) is 0 Å². The summed E-state index contributed by atoms with van der Waals surface area (Å²) in [6.07, 6.45) is 0.873. The summed E-state index contributed by atoms with van der Waals surface area (Å²) in [5, 5.41) is 3.30. The number of halogens is 3. The van der Waals surface area contributed by atoms with Crippen molar-refractivity contribution >= 4 is 38.5 Å². The van der Waals surface area contributed by atoms with Crippen LogP contribution in [0.2, 0.25) is 0 Å². The zero-order valence-electron chi connectivity index (χ0n) is 10.5. The fourth-order valence-electron chi connectivity index (χ4n) is 2.05. The van der Waals surface area contributed by atoms with E-state index in [1.165, 1.54) is 11.6 Å². The maximum atomic E-state index is 13.2. The second-order valence-corrected chi connectivity index (χ2v) is 6.42. The van der Waals surface area contributed by atoms with Gasteiger partial charge in [-0.25, -0.2) is 4.39 Å². The van der Waals surface area contributed by atoms with E-state index in [-0.39, 0.29) is 11.9 Å². The molecule has 1 unspecified atom stereocenters. The fourth-order valence-corrected chi connectivity index (χ4v) is 3.35. The molecule has 0 aliphatic rings. The number of benzene rings is 2. The summed E-state index contributed by atoms with van der Waals surface area (Å²) in [6, 6.07) is 13.4. The molecular weight excluding hydrogens is 420 g/mol. The lowest BCUT2D eigenvalue weighted by Crippen LogP contribution is -2.20. The zero-order chi connectivity index (χ0) is 13.8. The van der Waals surface area contributed by atoms with Crippen molar-refractivity contribution in [3.63, 3.8) is 0 Å². The Kier molecular flexibility index (Phi) is 5.36. The number of hydrogen-bond donors (Lipinski definition) is 1. The molecule has 1 nitrogen and oxygen atoms in total. The first kappa shape index (κ1) is 14.9. The molecule has 0 aromatic heterocycles. The van der Waals surface area contributed by atoms with Gasteiger partial charge in [0.25, 0.3) is 0 Å². The molecule has 2 aromatic rings. The minimum absolute atomic E-state index is 0.182. The molecule has 2 rings (SSSR count). The average Bonchev–Trinajstić information content (AvgIpc) is 2.37. The Balaban J connectivity index is 2.25. The topological polar surface area (TPSA) is 12.0 Å². The number of nitrogens with one attached hydrogen (secondary N) is 1. The van der Waals surface area contributed by atoms with Crippen molar-refractivity contribution in [2.45, 2.75) is 12.5 Å². The fraction of sp³-hybridized carbons (Fsp3) is 0.200. The molecule has 4 heteroatoms. The zero-order valence-corrected chi connectivity index (χ0v) is 14.2. The summed E-state index contributed by atoms with van der Waals surface area (Å²) in [5.41, 5.74) is 2.37. The first-order chi connectivity index (χ1) is 9.10. The summed E-state index contributed by atoms with van der Waals surface area (Å²) in [6.45, 7) is 0. The van der Waals surface area contributed by atoms with Crippen LogP contribution < -0.4 is 5.32 Å². The molecule has 0 saturated heterocycles. The molecule has 0 aliphatic carbocycles. The van der Waals surface area contributed by atoms with Gasteiger partial charge in [0.05, 0.1) is 0 Å². The minimum atomic E-state index is -0.189. The van der Waals surface area contributed by atoms with Gasteiger partial charge < -0.3 is 5.32 Å². The predicted octanol–water partition coefficient (Wildman–Crippen LogP) is 4.70. The number of likely N-dealkylation sites (N-methyl/N-ethyl adjacent to an activating group) is 1. The van der Waals surface area contributed by atoms with Crippen LogP contribution in [0.25, 0.3) is 0 Å². The van der Waals surface area contributed by atoms with Gasteiger partial charge in [0.2, 0.25) is 0 Å². The van der Waals surface area contributed by atoms with Crippen LogP contribution in [-0.2, 0) is 6.42 Å². The quantitative estimate of drug-likeness (QED) is 0.689. The van der Waals surface area contributed by atoms with Crippen LogP contribution in [-0.4, -0.2) is 7.05 Å². The van der Waals surface area contributed by atoms with Gasteiger partial charge in [-0.15, -0.1) is 0 Å². The Morgan fingerprint density at radius 2 is 2.05 bits per heavy atom. The maximum Gasteiger partial charge on any atom is 0.124 e. The molecule has 0 aliphatic heterocycles. The van der Waals surface area contributed by atoms with Crippen molar-refractivity contribution in [1.29, 1.82) is 0 Å². The summed E-state index contributed by atoms with van der Waals surface area (Å²) in [5.74, 6) is -0.189. The normalized spacial score (nSPS) is 12.4. The SMILES string of the molecule is CNC(Cc1cccc(Br)c1)c1ccc(F)cc1I. The van der Waals surface area contributed by atoms with E-state index in [2.05, 4.69) is 56.0 Å². The van der Waals surface area contributed by atoms with Crippen LogP contribution in [0, 0.1) is 9.39 Å². The van der Waals surface area contributed by atoms with Gasteiger partial charge in [-0.2, -0.15) is 0 Å². The van der Waals surface area contributed by atoms with E-state index in [1.807, 2.05) is 25.2 Å². The van der Waals surface area contributed by atoms with Gasteiger partial charge in [0.15, 0.2) is 0 Å². The Labute approximate surface area is 134 Å². The molecule has 1 N–H and O–H groups in total. The Morgan fingerprint density at radius 3 is 2.68 bits per heavy atom. The second kappa shape index (κ2) is 6.81. The minimum Gasteiger partial charge on any atom is -0.313 e. The third kappa shape index (κ3) is 4.00. The van der Waals surface area contributed by atoms with Crippen molar-refractivity contribution in [3.05, 3.63) is 67.5 Å². The van der Waals surface area contributed by atoms with Crippen LogP contribution in [0.15, 0.2) is 46.9 Å². The van der Waals surface area contributed by atoms with Gasteiger partial charge in [0, 0.05) is 14.1 Å². The van der Waals surface area contributed by atoms with Crippen molar-refractivity contribution in [2.75, 3.05) is 7.05 Å². The lowest BCUT2D eigenvalue weighted by molar-refractivity contribution is 0.582. The van der Waals surface area contributed by atoms with Crippen LogP contribution in [0.1, 0.15) is 17.2 Å². The lowest BCUT2D eigenvalue weighted by atomic mass is 9.99. The molecule has 1 atom stereocenters. The van der Waals surface area contributed by atoms with Gasteiger partial charge in [0.1, 0.15) is 5.82 Å². The molecular formula is C15H14BrFIN. The molecule has 0 spiro atoms. The highest BCUT2D eigenvalue weighted by molar-refractivity contribution is 14.1. The van der Waals surface area contributed by atoms with Crippen molar-refractivity contribution in [1.82, 2.24) is 5.32 Å². The van der Waals surface area contributed by atoms with E-state index in [0.717, 1.165) is 20.0 Å². The molecule has 100 valence electrons. The van der Waals surface area contributed by atoms with Crippen molar-refractivity contribution in [3.8, 4) is 0 Å². The summed E-state index contributed by atoms with van der Waals surface area (Å²) < 4.78 is 15.2. The van der Waals surface area contributed by atoms with Crippen molar-refractivity contribution < 1.29 is 4.39 Å². The van der Waals surface area contributed by atoms with E-state index in [1.54, 1.807) is 6.07 Å². The summed E-state index contributed by atoms with van der Waals surface area (Å²) in [4.78, 5) is 0. The second-order valence-electron chi connectivity index (χ2n) is 4.34. The molecule has 0 radical (unpaired) electrons. The molecule has 0 saturated carbocycles. The molecule has 19 heavy (non-hydrogen) atoms. The van der Waals surface area contributed by atoms with Gasteiger partial charge in [-0.05, 0) is 71.5 Å². The molecule has 0 fully saturated rings. The van der Waals surface area contributed by atoms with Gasteiger partial charge in [-0.3, -0.25) is 0 Å². The van der Waals surface area contributed by atoms with Gasteiger partial charge in [-0.1, -0.05) is 34.1 Å². The highest BCUT2D eigenvalue weighted by atomic mass is 127. The van der Waals surface area contributed by atoms with Crippen LogP contribution in [0.5, 0.6) is 0 Å². The molecule has 0 bridgehead atoms. The number of rotatable bonds is 4. The third-order valence-electron chi connectivity index (χ3n) is 3.02. The van der Waals surface area contributed by atoms with E-state index in [9.17, 15) is 4.39 Å². The maximum absolute atomic E-state index is 13.2. The van der Waals surface area contributed by atoms with Crippen LogP contribution in [0.3, 0.4) is 0 Å². The third-order valence-corrected chi connectivity index (χ3v) is 4.44. The first-order valence-electron chi connectivity index (χ1n) is 5.97. The average molecular weight is 434 g/mol. The van der Waals surface area contributed by atoms with Gasteiger partial charge >= 0.3 is 0 Å². The Hall–Kier alpha value is -0.460. The summed E-state index contributed by atoms with van der Waals surface area (Å²) >= 11 is 5.67. The largest absolute Gasteiger partial charge is 0.313 e.